The Kier molecular flexibility index (Phi) is 3.71. The lowest BCUT2D eigenvalue weighted by atomic mass is 10.1. The van der Waals surface area contributed by atoms with E-state index in [9.17, 15) is 5.11 Å². The molecule has 0 aliphatic rings. The van der Waals surface area contributed by atoms with E-state index in [4.69, 9.17) is 0 Å². The molecular formula is C15H15N3OS. The summed E-state index contributed by atoms with van der Waals surface area (Å²) < 4.78 is 1.96. The van der Waals surface area contributed by atoms with E-state index in [1.54, 1.807) is 11.8 Å². The minimum absolute atomic E-state index is 0.386. The fourth-order valence-electron chi connectivity index (χ4n) is 1.99. The maximum atomic E-state index is 9.78. The summed E-state index contributed by atoms with van der Waals surface area (Å²) in [5.41, 5.74) is 1.79. The molecule has 2 aromatic heterocycles. The number of fused-ring (bicyclic) bond motifs is 1. The summed E-state index contributed by atoms with van der Waals surface area (Å²) in [5, 5.41) is 18.9. The largest absolute Gasteiger partial charge is 0.388 e. The molecule has 0 fully saturated rings. The molecule has 3 aromatic rings. The van der Waals surface area contributed by atoms with Gasteiger partial charge < -0.3 is 5.11 Å². The number of rotatable bonds is 4. The van der Waals surface area contributed by atoms with Gasteiger partial charge in [-0.05, 0) is 48.0 Å². The molecule has 1 atom stereocenters. The van der Waals surface area contributed by atoms with E-state index in [2.05, 4.69) is 10.2 Å². The van der Waals surface area contributed by atoms with Crippen molar-refractivity contribution in [2.75, 3.05) is 0 Å². The van der Waals surface area contributed by atoms with Gasteiger partial charge in [0.05, 0.1) is 6.10 Å². The van der Waals surface area contributed by atoms with Crippen molar-refractivity contribution in [2.45, 2.75) is 29.5 Å². The molecule has 0 saturated carbocycles. The van der Waals surface area contributed by atoms with Gasteiger partial charge in [-0.15, -0.1) is 10.2 Å². The molecule has 0 saturated heterocycles. The lowest BCUT2D eigenvalue weighted by Gasteiger charge is -2.08. The molecule has 3 rings (SSSR count). The Labute approximate surface area is 121 Å². The maximum absolute atomic E-state index is 9.78. The zero-order valence-electron chi connectivity index (χ0n) is 11.1. The average Bonchev–Trinajstić information content (AvgIpc) is 2.91. The molecule has 0 spiro atoms. The van der Waals surface area contributed by atoms with Crippen molar-refractivity contribution in [1.82, 2.24) is 14.6 Å². The van der Waals surface area contributed by atoms with E-state index in [-0.39, 0.29) is 6.10 Å². The van der Waals surface area contributed by atoms with Crippen LogP contribution in [0.2, 0.25) is 0 Å². The molecule has 0 amide bonds. The normalized spacial score (nSPS) is 12.7. The summed E-state index contributed by atoms with van der Waals surface area (Å²) in [7, 11) is 0. The Bertz CT molecular complexity index is 708. The predicted molar refractivity (Wildman–Crippen MR) is 78.8 cm³/mol. The Hall–Kier alpha value is -1.85. The van der Waals surface area contributed by atoms with Crippen molar-refractivity contribution < 1.29 is 5.11 Å². The molecule has 102 valence electrons. The van der Waals surface area contributed by atoms with Gasteiger partial charge in [0.2, 0.25) is 0 Å². The number of aromatic nitrogens is 3. The van der Waals surface area contributed by atoms with E-state index in [0.29, 0.717) is 0 Å². The summed E-state index contributed by atoms with van der Waals surface area (Å²) in [5.74, 6) is 0. The summed E-state index contributed by atoms with van der Waals surface area (Å²) in [6, 6.07) is 13.8. The Balaban J connectivity index is 1.84. The van der Waals surface area contributed by atoms with Gasteiger partial charge in [0.1, 0.15) is 0 Å². The molecule has 1 N–H and O–H groups in total. The van der Waals surface area contributed by atoms with Gasteiger partial charge in [-0.25, -0.2) is 0 Å². The molecule has 20 heavy (non-hydrogen) atoms. The monoisotopic (exact) mass is 285 g/mol. The second-order valence-electron chi connectivity index (χ2n) is 4.51. The van der Waals surface area contributed by atoms with E-state index >= 15 is 0 Å². The van der Waals surface area contributed by atoms with Crippen molar-refractivity contribution in [1.29, 1.82) is 0 Å². The van der Waals surface area contributed by atoms with Crippen LogP contribution in [0.25, 0.3) is 5.65 Å². The third-order valence-corrected chi connectivity index (χ3v) is 4.11. The Morgan fingerprint density at radius 3 is 2.70 bits per heavy atom. The summed E-state index contributed by atoms with van der Waals surface area (Å²) in [4.78, 5) is 1.08. The number of hydrogen-bond donors (Lipinski definition) is 1. The number of benzene rings is 1. The second kappa shape index (κ2) is 5.64. The van der Waals surface area contributed by atoms with Gasteiger partial charge in [0.25, 0.3) is 0 Å². The van der Waals surface area contributed by atoms with Gasteiger partial charge in [0.15, 0.2) is 10.8 Å². The van der Waals surface area contributed by atoms with Gasteiger partial charge in [-0.3, -0.25) is 4.40 Å². The highest BCUT2D eigenvalue weighted by molar-refractivity contribution is 7.99. The zero-order chi connectivity index (χ0) is 13.9. The minimum Gasteiger partial charge on any atom is -0.388 e. The van der Waals surface area contributed by atoms with E-state index in [0.717, 1.165) is 27.7 Å². The number of pyridine rings is 1. The molecule has 0 aliphatic heterocycles. The lowest BCUT2D eigenvalue weighted by molar-refractivity contribution is 0.173. The highest BCUT2D eigenvalue weighted by Crippen LogP contribution is 2.28. The molecule has 0 unspecified atom stereocenters. The van der Waals surface area contributed by atoms with E-state index in [1.165, 1.54) is 0 Å². The van der Waals surface area contributed by atoms with Gasteiger partial charge in [0, 0.05) is 11.1 Å². The van der Waals surface area contributed by atoms with Crippen LogP contribution in [0.1, 0.15) is 25.0 Å². The van der Waals surface area contributed by atoms with Crippen LogP contribution in [0.4, 0.5) is 0 Å². The molecule has 5 heteroatoms. The third kappa shape index (κ3) is 2.55. The Morgan fingerprint density at radius 2 is 1.95 bits per heavy atom. The Morgan fingerprint density at radius 1 is 1.15 bits per heavy atom. The summed E-state index contributed by atoms with van der Waals surface area (Å²) in [6.07, 6.45) is 2.29. The summed E-state index contributed by atoms with van der Waals surface area (Å²) in [6.45, 7) is 1.97. The number of aliphatic hydroxyl groups is 1. The topological polar surface area (TPSA) is 50.4 Å². The lowest BCUT2D eigenvalue weighted by Crippen LogP contribution is -1.94. The van der Waals surface area contributed by atoms with Gasteiger partial charge in [-0.1, -0.05) is 25.1 Å². The molecular weight excluding hydrogens is 270 g/mol. The van der Waals surface area contributed by atoms with Gasteiger partial charge >= 0.3 is 0 Å². The number of hydrogen-bond acceptors (Lipinski definition) is 4. The average molecular weight is 285 g/mol. The zero-order valence-corrected chi connectivity index (χ0v) is 11.9. The van der Waals surface area contributed by atoms with Crippen LogP contribution in [-0.4, -0.2) is 19.7 Å². The van der Waals surface area contributed by atoms with Crippen LogP contribution in [0, 0.1) is 0 Å². The van der Waals surface area contributed by atoms with Crippen molar-refractivity contribution in [3.63, 3.8) is 0 Å². The first-order valence-corrected chi connectivity index (χ1v) is 7.35. The van der Waals surface area contributed by atoms with Crippen molar-refractivity contribution in [3.05, 3.63) is 54.2 Å². The first-order valence-electron chi connectivity index (χ1n) is 6.53. The van der Waals surface area contributed by atoms with Crippen LogP contribution in [-0.2, 0) is 0 Å². The fraction of sp³-hybridized carbons (Fsp3) is 0.200. The van der Waals surface area contributed by atoms with Crippen LogP contribution in [0.5, 0.6) is 0 Å². The quantitative estimate of drug-likeness (QED) is 0.799. The van der Waals surface area contributed by atoms with Crippen LogP contribution in [0.3, 0.4) is 0 Å². The molecule has 0 aliphatic carbocycles. The first kappa shape index (κ1) is 13.1. The van der Waals surface area contributed by atoms with Crippen molar-refractivity contribution in [2.24, 2.45) is 0 Å². The second-order valence-corrected chi connectivity index (χ2v) is 5.55. The van der Waals surface area contributed by atoms with E-state index < -0.39 is 0 Å². The molecule has 0 radical (unpaired) electrons. The predicted octanol–water partition coefficient (Wildman–Crippen LogP) is 3.32. The molecule has 4 nitrogen and oxygen atoms in total. The fourth-order valence-corrected chi connectivity index (χ4v) is 2.81. The summed E-state index contributed by atoms with van der Waals surface area (Å²) >= 11 is 1.56. The molecule has 0 bridgehead atoms. The highest BCUT2D eigenvalue weighted by atomic mass is 32.2. The van der Waals surface area contributed by atoms with Crippen molar-refractivity contribution >= 4 is 17.4 Å². The van der Waals surface area contributed by atoms with Crippen LogP contribution in [0.15, 0.2) is 58.7 Å². The highest BCUT2D eigenvalue weighted by Gasteiger charge is 2.08. The minimum atomic E-state index is -0.386. The van der Waals surface area contributed by atoms with Gasteiger partial charge in [-0.2, -0.15) is 0 Å². The van der Waals surface area contributed by atoms with E-state index in [1.807, 2.05) is 60.0 Å². The van der Waals surface area contributed by atoms with Crippen molar-refractivity contribution in [3.8, 4) is 0 Å². The number of aliphatic hydroxyl groups excluding tert-OH is 1. The molecule has 2 heterocycles. The van der Waals surface area contributed by atoms with Crippen LogP contribution >= 0.6 is 11.8 Å². The SMILES string of the molecule is CC[C@@H](O)c1ccc(Sc2nnc3ccccn23)cc1. The standard InChI is InChI=1S/C15H15N3OS/c1-2-13(19)11-6-8-12(9-7-11)20-15-17-16-14-5-3-4-10-18(14)15/h3-10,13,19H,2H2,1H3/t13-/m1/s1. The third-order valence-electron chi connectivity index (χ3n) is 3.14. The smallest absolute Gasteiger partial charge is 0.200 e. The first-order chi connectivity index (χ1) is 9.78. The van der Waals surface area contributed by atoms with Crippen LogP contribution < -0.4 is 0 Å². The number of nitrogens with zero attached hydrogens (tertiary/aromatic N) is 3. The maximum Gasteiger partial charge on any atom is 0.200 e. The molecule has 1 aromatic carbocycles.